The second kappa shape index (κ2) is 8.00. The summed E-state index contributed by atoms with van der Waals surface area (Å²) in [5, 5.41) is 13.7. The minimum atomic E-state index is -0.756. The Balaban J connectivity index is 2.96. The highest BCUT2D eigenvalue weighted by Crippen LogP contribution is 2.31. The van der Waals surface area contributed by atoms with Crippen molar-refractivity contribution in [2.24, 2.45) is 0 Å². The highest BCUT2D eigenvalue weighted by molar-refractivity contribution is 5.69. The summed E-state index contributed by atoms with van der Waals surface area (Å²) < 4.78 is 10.0. The molecule has 118 valence electrons. The first-order valence-electron chi connectivity index (χ1n) is 7.01. The zero-order valence-corrected chi connectivity index (χ0v) is 13.4. The largest absolute Gasteiger partial charge is 0.496 e. The van der Waals surface area contributed by atoms with E-state index < -0.39 is 6.10 Å². The molecule has 0 saturated carbocycles. The van der Waals surface area contributed by atoms with Gasteiger partial charge in [-0.1, -0.05) is 0 Å². The summed E-state index contributed by atoms with van der Waals surface area (Å²) in [5.74, 6) is 0.374. The Hall–Kier alpha value is -1.59. The lowest BCUT2D eigenvalue weighted by Gasteiger charge is -2.24. The number of methoxy groups -OCH3 is 2. The van der Waals surface area contributed by atoms with Crippen molar-refractivity contribution >= 4 is 5.97 Å². The van der Waals surface area contributed by atoms with Crippen molar-refractivity contribution in [3.05, 3.63) is 28.8 Å². The number of carbonyl (C=O) groups excluding carboxylic acids is 1. The third kappa shape index (κ3) is 4.44. The topological polar surface area (TPSA) is 67.8 Å². The maximum absolute atomic E-state index is 11.3. The van der Waals surface area contributed by atoms with Gasteiger partial charge < -0.3 is 19.9 Å². The Morgan fingerprint density at radius 2 is 1.90 bits per heavy atom. The predicted octanol–water partition coefficient (Wildman–Crippen LogP) is 1.89. The maximum Gasteiger partial charge on any atom is 0.305 e. The van der Waals surface area contributed by atoms with Crippen LogP contribution in [0.15, 0.2) is 12.1 Å². The van der Waals surface area contributed by atoms with Gasteiger partial charge in [-0.05, 0) is 50.6 Å². The highest BCUT2D eigenvalue weighted by Gasteiger charge is 2.24. The Labute approximate surface area is 126 Å². The van der Waals surface area contributed by atoms with Gasteiger partial charge in [-0.3, -0.25) is 4.79 Å². The number of rotatable bonds is 7. The molecular formula is C16H25NO4. The summed E-state index contributed by atoms with van der Waals surface area (Å²) >= 11 is 0. The number of benzene rings is 1. The third-order valence-electron chi connectivity index (χ3n) is 3.80. The van der Waals surface area contributed by atoms with Crippen LogP contribution >= 0.6 is 0 Å². The van der Waals surface area contributed by atoms with Crippen LogP contribution in [0.5, 0.6) is 5.75 Å². The first-order chi connectivity index (χ1) is 9.94. The summed E-state index contributed by atoms with van der Waals surface area (Å²) in [5.41, 5.74) is 2.93. The molecule has 1 rings (SSSR count). The second-order valence-electron chi connectivity index (χ2n) is 5.13. The van der Waals surface area contributed by atoms with Gasteiger partial charge in [-0.2, -0.15) is 0 Å². The van der Waals surface area contributed by atoms with Gasteiger partial charge in [0.2, 0.25) is 0 Å². The van der Waals surface area contributed by atoms with Gasteiger partial charge in [0, 0.05) is 18.0 Å². The van der Waals surface area contributed by atoms with Crippen molar-refractivity contribution in [3.8, 4) is 5.75 Å². The molecule has 2 atom stereocenters. The molecule has 0 heterocycles. The first-order valence-corrected chi connectivity index (χ1v) is 7.01. The monoisotopic (exact) mass is 295 g/mol. The van der Waals surface area contributed by atoms with E-state index in [4.69, 9.17) is 4.74 Å². The minimum Gasteiger partial charge on any atom is -0.496 e. The van der Waals surface area contributed by atoms with Crippen LogP contribution in [0.3, 0.4) is 0 Å². The Kier molecular flexibility index (Phi) is 6.65. The van der Waals surface area contributed by atoms with Crippen LogP contribution in [0, 0.1) is 13.8 Å². The Morgan fingerprint density at radius 3 is 2.43 bits per heavy atom. The van der Waals surface area contributed by atoms with Crippen LogP contribution in [0.1, 0.15) is 35.6 Å². The SMILES string of the molecule is CNC(CCC(=O)OC)C(O)c1cc(C)c(C)cc1OC. The van der Waals surface area contributed by atoms with Gasteiger partial charge in [-0.15, -0.1) is 0 Å². The second-order valence-corrected chi connectivity index (χ2v) is 5.13. The summed E-state index contributed by atoms with van der Waals surface area (Å²) in [7, 11) is 4.71. The molecular weight excluding hydrogens is 270 g/mol. The molecule has 2 N–H and O–H groups in total. The van der Waals surface area contributed by atoms with E-state index in [1.54, 1.807) is 14.2 Å². The van der Waals surface area contributed by atoms with Gasteiger partial charge in [0.05, 0.1) is 20.3 Å². The van der Waals surface area contributed by atoms with Crippen molar-refractivity contribution in [2.45, 2.75) is 38.8 Å². The van der Waals surface area contributed by atoms with E-state index in [-0.39, 0.29) is 18.4 Å². The molecule has 0 aliphatic rings. The number of esters is 1. The van der Waals surface area contributed by atoms with Crippen LogP contribution in [-0.2, 0) is 9.53 Å². The van der Waals surface area contributed by atoms with Gasteiger partial charge in [0.15, 0.2) is 0 Å². The van der Waals surface area contributed by atoms with Gasteiger partial charge in [-0.25, -0.2) is 0 Å². The molecule has 0 bridgehead atoms. The number of aryl methyl sites for hydroxylation is 2. The summed E-state index contributed by atoms with van der Waals surface area (Å²) in [4.78, 5) is 11.3. The maximum atomic E-state index is 11.3. The fourth-order valence-electron chi connectivity index (χ4n) is 2.27. The van der Waals surface area contributed by atoms with Crippen molar-refractivity contribution in [1.82, 2.24) is 5.32 Å². The zero-order valence-electron chi connectivity index (χ0n) is 13.4. The molecule has 0 aromatic heterocycles. The predicted molar refractivity (Wildman–Crippen MR) is 81.5 cm³/mol. The number of carbonyl (C=O) groups is 1. The van der Waals surface area contributed by atoms with E-state index in [1.165, 1.54) is 7.11 Å². The van der Waals surface area contributed by atoms with Crippen LogP contribution in [0.25, 0.3) is 0 Å². The van der Waals surface area contributed by atoms with Crippen LogP contribution in [-0.4, -0.2) is 38.4 Å². The van der Waals surface area contributed by atoms with Crippen LogP contribution < -0.4 is 10.1 Å². The molecule has 0 radical (unpaired) electrons. The lowest BCUT2D eigenvalue weighted by Crippen LogP contribution is -2.33. The number of likely N-dealkylation sites (N-methyl/N-ethyl adjacent to an activating group) is 1. The Morgan fingerprint density at radius 1 is 1.29 bits per heavy atom. The number of ether oxygens (including phenoxy) is 2. The minimum absolute atomic E-state index is 0.250. The normalized spacial score (nSPS) is 13.6. The molecule has 0 fully saturated rings. The van der Waals surface area contributed by atoms with Crippen molar-refractivity contribution < 1.29 is 19.4 Å². The van der Waals surface area contributed by atoms with E-state index in [9.17, 15) is 9.90 Å². The average Bonchev–Trinajstić information content (AvgIpc) is 2.49. The lowest BCUT2D eigenvalue weighted by molar-refractivity contribution is -0.140. The average molecular weight is 295 g/mol. The van der Waals surface area contributed by atoms with Gasteiger partial charge in [0.25, 0.3) is 0 Å². The fourth-order valence-corrected chi connectivity index (χ4v) is 2.27. The lowest BCUT2D eigenvalue weighted by atomic mass is 9.94. The fraction of sp³-hybridized carbons (Fsp3) is 0.562. The summed E-state index contributed by atoms with van der Waals surface area (Å²) in [6, 6.07) is 3.60. The van der Waals surface area contributed by atoms with Gasteiger partial charge >= 0.3 is 5.97 Å². The van der Waals surface area contributed by atoms with E-state index in [1.807, 2.05) is 26.0 Å². The molecule has 2 unspecified atom stereocenters. The molecule has 0 aliphatic carbocycles. The number of aliphatic hydroxyl groups excluding tert-OH is 1. The molecule has 21 heavy (non-hydrogen) atoms. The molecule has 0 saturated heterocycles. The van der Waals surface area contributed by atoms with E-state index in [0.29, 0.717) is 12.2 Å². The molecule has 5 nitrogen and oxygen atoms in total. The van der Waals surface area contributed by atoms with Gasteiger partial charge in [0.1, 0.15) is 5.75 Å². The number of hydrogen-bond acceptors (Lipinski definition) is 5. The quantitative estimate of drug-likeness (QED) is 0.752. The van der Waals surface area contributed by atoms with E-state index in [2.05, 4.69) is 10.1 Å². The zero-order chi connectivity index (χ0) is 16.0. The highest BCUT2D eigenvalue weighted by atomic mass is 16.5. The van der Waals surface area contributed by atoms with E-state index in [0.717, 1.165) is 16.7 Å². The number of hydrogen-bond donors (Lipinski definition) is 2. The molecule has 0 aliphatic heterocycles. The van der Waals surface area contributed by atoms with Crippen molar-refractivity contribution in [1.29, 1.82) is 0 Å². The number of aliphatic hydroxyl groups is 1. The first kappa shape index (κ1) is 17.5. The Bertz CT molecular complexity index is 487. The summed E-state index contributed by atoms with van der Waals surface area (Å²) in [6.07, 6.45) is -0.0129. The van der Waals surface area contributed by atoms with Crippen molar-refractivity contribution in [2.75, 3.05) is 21.3 Å². The van der Waals surface area contributed by atoms with Crippen LogP contribution in [0.4, 0.5) is 0 Å². The molecule has 0 amide bonds. The summed E-state index contributed by atoms with van der Waals surface area (Å²) in [6.45, 7) is 3.99. The number of nitrogens with one attached hydrogen (secondary N) is 1. The standard InChI is InChI=1S/C16H25NO4/c1-10-8-12(14(20-4)9-11(10)2)16(19)13(17-3)6-7-15(18)21-5/h8-9,13,16-17,19H,6-7H2,1-5H3. The molecule has 1 aromatic rings. The smallest absolute Gasteiger partial charge is 0.305 e. The molecule has 0 spiro atoms. The molecule has 1 aromatic carbocycles. The van der Waals surface area contributed by atoms with Crippen LogP contribution in [0.2, 0.25) is 0 Å². The third-order valence-corrected chi connectivity index (χ3v) is 3.80. The van der Waals surface area contributed by atoms with Crippen molar-refractivity contribution in [3.63, 3.8) is 0 Å². The van der Waals surface area contributed by atoms with E-state index >= 15 is 0 Å². The molecule has 5 heteroatoms.